The van der Waals surface area contributed by atoms with Gasteiger partial charge in [-0.3, -0.25) is 9.36 Å². The van der Waals surface area contributed by atoms with Crippen molar-refractivity contribution in [2.75, 3.05) is 6.16 Å². The highest BCUT2D eigenvalue weighted by Crippen LogP contribution is 2.36. The molecule has 2 aromatic carbocycles. The van der Waals surface area contributed by atoms with Crippen LogP contribution in [-0.2, 0) is 22.3 Å². The molecule has 0 saturated carbocycles. The van der Waals surface area contributed by atoms with Crippen molar-refractivity contribution in [3.8, 4) is 0 Å². The van der Waals surface area contributed by atoms with E-state index in [2.05, 4.69) is 28.9 Å². The second-order valence-electron chi connectivity index (χ2n) is 12.1. The Morgan fingerprint density at radius 1 is 0.814 bits per heavy atom. The van der Waals surface area contributed by atoms with E-state index >= 15 is 0 Å². The van der Waals surface area contributed by atoms with Gasteiger partial charge < -0.3 is 24.8 Å². The van der Waals surface area contributed by atoms with E-state index in [4.69, 9.17) is 0 Å². The summed E-state index contributed by atoms with van der Waals surface area (Å²) in [6.45, 7) is 2.92. The topological polar surface area (TPSA) is 112 Å². The lowest BCUT2D eigenvalue weighted by molar-refractivity contribution is -0.122. The van der Waals surface area contributed by atoms with E-state index in [0.717, 1.165) is 41.3 Å². The molecule has 1 aromatic heterocycles. The molecule has 3 aromatic rings. The SMILES string of the molecule is CCCCCCCCCCCCCCCC(=O)N[C@@H](Cc1cn(Cc2ccccc2)c2ccccc12)C(O)CP(=O)(O)O. The van der Waals surface area contributed by atoms with Crippen LogP contribution >= 0.6 is 7.60 Å². The number of amides is 1. The molecule has 0 aliphatic heterocycles. The summed E-state index contributed by atoms with van der Waals surface area (Å²) in [5.41, 5.74) is 3.10. The van der Waals surface area contributed by atoms with Crippen LogP contribution in [0.2, 0.25) is 0 Å². The van der Waals surface area contributed by atoms with Gasteiger partial charge in [0.25, 0.3) is 0 Å². The van der Waals surface area contributed by atoms with Crippen molar-refractivity contribution in [2.45, 2.75) is 122 Å². The maximum absolute atomic E-state index is 12.9. The number of aliphatic hydroxyl groups excluding tert-OH is 1. The summed E-state index contributed by atoms with van der Waals surface area (Å²) in [6.07, 6.45) is 16.5. The fourth-order valence-electron chi connectivity index (χ4n) is 5.87. The zero-order chi connectivity index (χ0) is 30.9. The van der Waals surface area contributed by atoms with Gasteiger partial charge in [-0.15, -0.1) is 0 Å². The molecular weight excluding hydrogens is 559 g/mol. The standard InChI is InChI=1S/C35H53N2O5P/c1-2-3-4-5-6-7-8-9-10-11-12-13-17-24-35(39)36-32(34(38)28-43(40,41)42)25-30-27-37(26-29-20-15-14-16-21-29)33-23-19-18-22-31(30)33/h14-16,18-23,27,32,34,38H,2-13,17,24-26,28H2,1H3,(H,36,39)(H2,40,41,42)/t32-,34?/m0/s1. The summed E-state index contributed by atoms with van der Waals surface area (Å²) in [5, 5.41) is 14.8. The molecule has 1 heterocycles. The highest BCUT2D eigenvalue weighted by atomic mass is 31.2. The van der Waals surface area contributed by atoms with Gasteiger partial charge in [-0.25, -0.2) is 0 Å². The molecular formula is C35H53N2O5P. The number of hydrogen-bond acceptors (Lipinski definition) is 3. The van der Waals surface area contributed by atoms with Crippen molar-refractivity contribution in [1.29, 1.82) is 0 Å². The second-order valence-corrected chi connectivity index (χ2v) is 13.8. The minimum Gasteiger partial charge on any atom is -0.390 e. The van der Waals surface area contributed by atoms with Gasteiger partial charge in [0.05, 0.1) is 18.3 Å². The Labute approximate surface area is 258 Å². The Morgan fingerprint density at radius 2 is 1.37 bits per heavy atom. The molecule has 0 fully saturated rings. The number of unbranched alkanes of at least 4 members (excludes halogenated alkanes) is 12. The third kappa shape index (κ3) is 13.4. The maximum atomic E-state index is 12.9. The van der Waals surface area contributed by atoms with Gasteiger partial charge in [0.2, 0.25) is 5.91 Å². The van der Waals surface area contributed by atoms with E-state index in [9.17, 15) is 24.3 Å². The first-order valence-corrected chi connectivity index (χ1v) is 18.2. The molecule has 43 heavy (non-hydrogen) atoms. The number of fused-ring (bicyclic) bond motifs is 1. The Bertz CT molecular complexity index is 1260. The van der Waals surface area contributed by atoms with Crippen molar-refractivity contribution < 1.29 is 24.3 Å². The molecule has 0 bridgehead atoms. The van der Waals surface area contributed by atoms with Crippen LogP contribution in [0.25, 0.3) is 10.9 Å². The number of hydrogen-bond donors (Lipinski definition) is 4. The number of carbonyl (C=O) groups is 1. The number of nitrogens with one attached hydrogen (secondary N) is 1. The molecule has 3 rings (SSSR count). The van der Waals surface area contributed by atoms with E-state index in [-0.39, 0.29) is 12.3 Å². The Hall–Kier alpha value is -2.44. The average molecular weight is 613 g/mol. The molecule has 0 aliphatic carbocycles. The lowest BCUT2D eigenvalue weighted by atomic mass is 10.0. The van der Waals surface area contributed by atoms with Crippen molar-refractivity contribution in [3.05, 3.63) is 71.9 Å². The Morgan fingerprint density at radius 3 is 1.98 bits per heavy atom. The maximum Gasteiger partial charge on any atom is 0.328 e. The molecule has 2 atom stereocenters. The predicted molar refractivity (Wildman–Crippen MR) is 176 cm³/mol. The van der Waals surface area contributed by atoms with Crippen molar-refractivity contribution in [1.82, 2.24) is 9.88 Å². The Balaban J connectivity index is 1.50. The zero-order valence-electron chi connectivity index (χ0n) is 26.0. The van der Waals surface area contributed by atoms with Gasteiger partial charge in [-0.05, 0) is 30.0 Å². The van der Waals surface area contributed by atoms with Crippen molar-refractivity contribution in [2.24, 2.45) is 0 Å². The third-order valence-corrected chi connectivity index (χ3v) is 9.10. The minimum atomic E-state index is -4.47. The number of aliphatic hydroxyl groups is 1. The van der Waals surface area contributed by atoms with Crippen molar-refractivity contribution >= 4 is 24.4 Å². The monoisotopic (exact) mass is 612 g/mol. The molecule has 238 valence electrons. The lowest BCUT2D eigenvalue weighted by Gasteiger charge is -2.24. The van der Waals surface area contributed by atoms with Crippen LogP contribution in [0, 0.1) is 0 Å². The summed E-state index contributed by atoms with van der Waals surface area (Å²) in [7, 11) is -4.47. The summed E-state index contributed by atoms with van der Waals surface area (Å²) < 4.78 is 13.9. The fourth-order valence-corrected chi connectivity index (χ4v) is 6.61. The van der Waals surface area contributed by atoms with E-state index in [1.54, 1.807) is 0 Å². The van der Waals surface area contributed by atoms with Crippen LogP contribution in [0.1, 0.15) is 108 Å². The van der Waals surface area contributed by atoms with Gasteiger partial charge in [0.1, 0.15) is 0 Å². The first kappa shape index (κ1) is 35.0. The molecule has 0 saturated heterocycles. The molecule has 0 aliphatic rings. The molecule has 0 radical (unpaired) electrons. The van der Waals surface area contributed by atoms with Crippen molar-refractivity contribution in [3.63, 3.8) is 0 Å². The molecule has 8 heteroatoms. The van der Waals surface area contributed by atoms with Crippen LogP contribution < -0.4 is 5.32 Å². The summed E-state index contributed by atoms with van der Waals surface area (Å²) >= 11 is 0. The largest absolute Gasteiger partial charge is 0.390 e. The van der Waals surface area contributed by atoms with Gasteiger partial charge in [-0.2, -0.15) is 0 Å². The van der Waals surface area contributed by atoms with Crippen LogP contribution in [0.4, 0.5) is 0 Å². The number of benzene rings is 2. The number of nitrogens with zero attached hydrogens (tertiary/aromatic N) is 1. The number of rotatable bonds is 22. The van der Waals surface area contributed by atoms with Gasteiger partial charge in [-0.1, -0.05) is 133 Å². The number of carbonyl (C=O) groups excluding carboxylic acids is 1. The van der Waals surface area contributed by atoms with Gasteiger partial charge in [0, 0.05) is 30.1 Å². The van der Waals surface area contributed by atoms with Crippen LogP contribution in [0.3, 0.4) is 0 Å². The van der Waals surface area contributed by atoms with E-state index < -0.39 is 25.9 Å². The summed E-state index contributed by atoms with van der Waals surface area (Å²) in [6, 6.07) is 17.3. The third-order valence-electron chi connectivity index (χ3n) is 8.25. The normalized spacial score (nSPS) is 13.3. The summed E-state index contributed by atoms with van der Waals surface area (Å²) in [5.74, 6) is -0.189. The quantitative estimate of drug-likeness (QED) is 0.0685. The Kier molecular flexibility index (Phi) is 15.5. The van der Waals surface area contributed by atoms with Gasteiger partial charge in [0.15, 0.2) is 0 Å². The predicted octanol–water partition coefficient (Wildman–Crippen LogP) is 7.74. The zero-order valence-corrected chi connectivity index (χ0v) is 26.9. The van der Waals surface area contributed by atoms with Crippen LogP contribution in [0.5, 0.6) is 0 Å². The molecule has 4 N–H and O–H groups in total. The highest BCUT2D eigenvalue weighted by Gasteiger charge is 2.29. The average Bonchev–Trinajstić information content (AvgIpc) is 3.31. The van der Waals surface area contributed by atoms with E-state index in [1.165, 1.54) is 64.2 Å². The lowest BCUT2D eigenvalue weighted by Crippen LogP contribution is -2.46. The highest BCUT2D eigenvalue weighted by molar-refractivity contribution is 7.51. The molecule has 1 unspecified atom stereocenters. The van der Waals surface area contributed by atoms with Crippen LogP contribution in [0.15, 0.2) is 60.8 Å². The number of para-hydroxylation sites is 1. The van der Waals surface area contributed by atoms with E-state index in [1.807, 2.05) is 48.7 Å². The minimum absolute atomic E-state index is 0.189. The number of aromatic nitrogens is 1. The smallest absolute Gasteiger partial charge is 0.328 e. The fraction of sp³-hybridized carbons (Fsp3) is 0.571. The first-order chi connectivity index (χ1) is 20.8. The molecule has 0 spiro atoms. The molecule has 7 nitrogen and oxygen atoms in total. The van der Waals surface area contributed by atoms with Crippen LogP contribution in [-0.4, -0.2) is 43.7 Å². The first-order valence-electron chi connectivity index (χ1n) is 16.4. The van der Waals surface area contributed by atoms with Gasteiger partial charge >= 0.3 is 7.60 Å². The summed E-state index contributed by atoms with van der Waals surface area (Å²) in [4.78, 5) is 32.0. The molecule has 1 amide bonds. The van der Waals surface area contributed by atoms with E-state index in [0.29, 0.717) is 13.0 Å². The second kappa shape index (κ2) is 19.1.